The summed E-state index contributed by atoms with van der Waals surface area (Å²) in [6.45, 7) is 4.01. The first-order valence-electron chi connectivity index (χ1n) is 9.40. The molecule has 0 saturated carbocycles. The highest BCUT2D eigenvalue weighted by atomic mass is 16.5. The first kappa shape index (κ1) is 18.1. The zero-order valence-electron chi connectivity index (χ0n) is 16.1. The number of hydrogen-bond acceptors (Lipinski definition) is 3. The van der Waals surface area contributed by atoms with E-state index in [2.05, 4.69) is 5.32 Å². The number of benzene rings is 3. The standard InChI is InChI=1S/C24H23NO3/c1-24(2)15-18-11-8-14-21(23(18)28-24)27-16-22(26)25-20-13-7-6-12-19(20)17-9-4-3-5-10-17/h3-14H,15-16H2,1-2H3,(H,25,26). The van der Waals surface area contributed by atoms with Gasteiger partial charge in [0.25, 0.3) is 5.91 Å². The van der Waals surface area contributed by atoms with Crippen molar-refractivity contribution in [2.45, 2.75) is 25.9 Å². The van der Waals surface area contributed by atoms with Gasteiger partial charge >= 0.3 is 0 Å². The molecule has 3 aromatic rings. The maximum absolute atomic E-state index is 12.5. The molecule has 28 heavy (non-hydrogen) atoms. The summed E-state index contributed by atoms with van der Waals surface area (Å²) in [4.78, 5) is 12.5. The van der Waals surface area contributed by atoms with Gasteiger partial charge in [-0.25, -0.2) is 0 Å². The third kappa shape index (κ3) is 3.86. The van der Waals surface area contributed by atoms with E-state index in [1.807, 2.05) is 86.6 Å². The molecule has 4 heteroatoms. The van der Waals surface area contributed by atoms with E-state index in [1.54, 1.807) is 0 Å². The van der Waals surface area contributed by atoms with E-state index < -0.39 is 0 Å². The Hall–Kier alpha value is -3.27. The Balaban J connectivity index is 1.46. The van der Waals surface area contributed by atoms with Crippen molar-refractivity contribution in [2.24, 2.45) is 0 Å². The van der Waals surface area contributed by atoms with Gasteiger partial charge in [0, 0.05) is 23.2 Å². The Morgan fingerprint density at radius 1 is 1.00 bits per heavy atom. The van der Waals surface area contributed by atoms with E-state index >= 15 is 0 Å². The van der Waals surface area contributed by atoms with E-state index in [0.717, 1.165) is 34.5 Å². The summed E-state index contributed by atoms with van der Waals surface area (Å²) in [6, 6.07) is 23.5. The Labute approximate surface area is 165 Å². The highest BCUT2D eigenvalue weighted by molar-refractivity contribution is 5.96. The predicted molar refractivity (Wildman–Crippen MR) is 111 cm³/mol. The number of ether oxygens (including phenoxy) is 2. The fourth-order valence-electron chi connectivity index (χ4n) is 3.49. The van der Waals surface area contributed by atoms with Gasteiger partial charge in [0.1, 0.15) is 5.60 Å². The normalized spacial score (nSPS) is 14.1. The van der Waals surface area contributed by atoms with Gasteiger partial charge in [0.05, 0.1) is 0 Å². The van der Waals surface area contributed by atoms with E-state index in [4.69, 9.17) is 9.47 Å². The van der Waals surface area contributed by atoms with Crippen molar-refractivity contribution in [3.8, 4) is 22.6 Å². The first-order valence-corrected chi connectivity index (χ1v) is 9.40. The minimum Gasteiger partial charge on any atom is -0.483 e. The van der Waals surface area contributed by atoms with Crippen molar-refractivity contribution < 1.29 is 14.3 Å². The molecule has 142 valence electrons. The molecule has 0 aliphatic carbocycles. The Kier molecular flexibility index (Phi) is 4.78. The predicted octanol–water partition coefficient (Wildman–Crippen LogP) is 5.08. The maximum Gasteiger partial charge on any atom is 0.262 e. The van der Waals surface area contributed by atoms with Crippen LogP contribution in [-0.2, 0) is 11.2 Å². The lowest BCUT2D eigenvalue weighted by atomic mass is 10.0. The van der Waals surface area contributed by atoms with Crippen LogP contribution in [0.1, 0.15) is 19.4 Å². The molecule has 0 radical (unpaired) electrons. The summed E-state index contributed by atoms with van der Waals surface area (Å²) in [6.07, 6.45) is 0.830. The quantitative estimate of drug-likeness (QED) is 0.678. The second-order valence-electron chi connectivity index (χ2n) is 7.53. The molecule has 1 heterocycles. The van der Waals surface area contributed by atoms with Crippen molar-refractivity contribution in [2.75, 3.05) is 11.9 Å². The summed E-state index contributed by atoms with van der Waals surface area (Å²) in [5, 5.41) is 2.96. The first-order chi connectivity index (χ1) is 13.5. The molecule has 4 rings (SSSR count). The molecule has 0 unspecified atom stereocenters. The second kappa shape index (κ2) is 7.39. The van der Waals surface area contributed by atoms with Gasteiger partial charge in [0.15, 0.2) is 18.1 Å². The smallest absolute Gasteiger partial charge is 0.262 e. The third-order valence-electron chi connectivity index (χ3n) is 4.70. The van der Waals surface area contributed by atoms with Crippen LogP contribution in [0.15, 0.2) is 72.8 Å². The van der Waals surface area contributed by atoms with Gasteiger partial charge in [-0.05, 0) is 31.5 Å². The van der Waals surface area contributed by atoms with Crippen LogP contribution < -0.4 is 14.8 Å². The molecule has 0 saturated heterocycles. The van der Waals surface area contributed by atoms with Gasteiger partial charge in [-0.1, -0.05) is 60.7 Å². The van der Waals surface area contributed by atoms with Crippen LogP contribution >= 0.6 is 0 Å². The Morgan fingerprint density at radius 2 is 1.75 bits per heavy atom. The minimum absolute atomic E-state index is 0.0800. The largest absolute Gasteiger partial charge is 0.483 e. The highest BCUT2D eigenvalue weighted by Crippen LogP contribution is 2.41. The second-order valence-corrected chi connectivity index (χ2v) is 7.53. The number of carbonyl (C=O) groups excluding carboxylic acids is 1. The summed E-state index contributed by atoms with van der Waals surface area (Å²) in [5.74, 6) is 1.14. The van der Waals surface area contributed by atoms with Crippen LogP contribution in [0, 0.1) is 0 Å². The van der Waals surface area contributed by atoms with Gasteiger partial charge in [-0.2, -0.15) is 0 Å². The van der Waals surface area contributed by atoms with Crippen LogP contribution in [0.3, 0.4) is 0 Å². The molecule has 4 nitrogen and oxygen atoms in total. The fraction of sp³-hybridized carbons (Fsp3) is 0.208. The molecular formula is C24H23NO3. The minimum atomic E-state index is -0.251. The molecule has 1 aliphatic heterocycles. The van der Waals surface area contributed by atoms with Crippen LogP contribution in [-0.4, -0.2) is 18.1 Å². The number of carbonyl (C=O) groups is 1. The van der Waals surface area contributed by atoms with Crippen molar-refractivity contribution in [1.82, 2.24) is 0 Å². The van der Waals surface area contributed by atoms with Crippen LogP contribution in [0.2, 0.25) is 0 Å². The summed E-state index contributed by atoms with van der Waals surface area (Å²) in [7, 11) is 0. The molecular weight excluding hydrogens is 350 g/mol. The summed E-state index contributed by atoms with van der Waals surface area (Å²) < 4.78 is 11.8. The maximum atomic E-state index is 12.5. The van der Waals surface area contributed by atoms with Crippen molar-refractivity contribution in [3.63, 3.8) is 0 Å². The van der Waals surface area contributed by atoms with Gasteiger partial charge in [-0.3, -0.25) is 4.79 Å². The molecule has 0 atom stereocenters. The monoisotopic (exact) mass is 373 g/mol. The molecule has 1 amide bonds. The lowest BCUT2D eigenvalue weighted by Crippen LogP contribution is -2.25. The van der Waals surface area contributed by atoms with Crippen molar-refractivity contribution >= 4 is 11.6 Å². The SMILES string of the molecule is CC1(C)Cc2cccc(OCC(=O)Nc3ccccc3-c3ccccc3)c2O1. The van der Waals surface area contributed by atoms with Gasteiger partial charge in [0.2, 0.25) is 0 Å². The van der Waals surface area contributed by atoms with Crippen molar-refractivity contribution in [1.29, 1.82) is 0 Å². The zero-order chi connectivity index (χ0) is 19.6. The van der Waals surface area contributed by atoms with Crippen LogP contribution in [0.25, 0.3) is 11.1 Å². The van der Waals surface area contributed by atoms with Crippen LogP contribution in [0.5, 0.6) is 11.5 Å². The number of para-hydroxylation sites is 2. The molecule has 3 aromatic carbocycles. The number of fused-ring (bicyclic) bond motifs is 1. The average Bonchev–Trinajstić information content (AvgIpc) is 3.02. The molecule has 0 spiro atoms. The topological polar surface area (TPSA) is 47.6 Å². The molecule has 1 N–H and O–H groups in total. The van der Waals surface area contributed by atoms with Gasteiger partial charge < -0.3 is 14.8 Å². The summed E-state index contributed by atoms with van der Waals surface area (Å²) >= 11 is 0. The average molecular weight is 373 g/mol. The Morgan fingerprint density at radius 3 is 2.57 bits per heavy atom. The molecule has 0 bridgehead atoms. The van der Waals surface area contributed by atoms with E-state index in [0.29, 0.717) is 5.75 Å². The van der Waals surface area contributed by atoms with E-state index in [1.165, 1.54) is 0 Å². The molecule has 0 aromatic heterocycles. The fourth-order valence-corrected chi connectivity index (χ4v) is 3.49. The Bertz CT molecular complexity index is 996. The highest BCUT2D eigenvalue weighted by Gasteiger charge is 2.32. The molecule has 0 fully saturated rings. The van der Waals surface area contributed by atoms with Crippen molar-refractivity contribution in [3.05, 3.63) is 78.4 Å². The zero-order valence-corrected chi connectivity index (χ0v) is 16.1. The van der Waals surface area contributed by atoms with Crippen LogP contribution in [0.4, 0.5) is 5.69 Å². The molecule has 1 aliphatic rings. The number of hydrogen-bond donors (Lipinski definition) is 1. The third-order valence-corrected chi connectivity index (χ3v) is 4.70. The number of amides is 1. The number of nitrogens with one attached hydrogen (secondary N) is 1. The lowest BCUT2D eigenvalue weighted by molar-refractivity contribution is -0.118. The van der Waals surface area contributed by atoms with E-state index in [-0.39, 0.29) is 18.1 Å². The number of anilines is 1. The summed E-state index contributed by atoms with van der Waals surface area (Å²) in [5.41, 5.74) is 3.65. The number of rotatable bonds is 5. The van der Waals surface area contributed by atoms with E-state index in [9.17, 15) is 4.79 Å². The van der Waals surface area contributed by atoms with Gasteiger partial charge in [-0.15, -0.1) is 0 Å². The lowest BCUT2D eigenvalue weighted by Gasteiger charge is -2.18.